The van der Waals surface area contributed by atoms with Crippen molar-refractivity contribution in [1.29, 1.82) is 0 Å². The van der Waals surface area contributed by atoms with Crippen LogP contribution >= 0.6 is 11.3 Å². The van der Waals surface area contributed by atoms with Gasteiger partial charge < -0.3 is 10.6 Å². The first-order valence-corrected chi connectivity index (χ1v) is 12.6. The van der Waals surface area contributed by atoms with Crippen molar-refractivity contribution in [2.24, 2.45) is 0 Å². The van der Waals surface area contributed by atoms with Gasteiger partial charge in [-0.3, -0.25) is 0 Å². The van der Waals surface area contributed by atoms with Crippen LogP contribution in [-0.2, 0) is 15.6 Å². The van der Waals surface area contributed by atoms with Crippen molar-refractivity contribution in [3.05, 3.63) is 101 Å². The summed E-state index contributed by atoms with van der Waals surface area (Å²) in [7, 11) is -3.59. The lowest BCUT2D eigenvalue weighted by atomic mass is 10.1. The van der Waals surface area contributed by atoms with Crippen molar-refractivity contribution in [1.82, 2.24) is 0 Å². The number of hydrogen-bond acceptors (Lipinski definition) is 4. The lowest BCUT2D eigenvalue weighted by molar-refractivity contribution is 0.262. The lowest BCUT2D eigenvalue weighted by Gasteiger charge is -2.14. The monoisotopic (exact) mass is 462 g/mol. The zero-order chi connectivity index (χ0) is 22.6. The second kappa shape index (κ2) is 9.38. The number of hydrogen-bond donors (Lipinski definition) is 2. The van der Waals surface area contributed by atoms with Crippen molar-refractivity contribution in [3.63, 3.8) is 0 Å². The number of urea groups is 1. The minimum atomic E-state index is -3.59. The van der Waals surface area contributed by atoms with E-state index in [0.717, 1.165) is 16.7 Å². The highest BCUT2D eigenvalue weighted by molar-refractivity contribution is 7.90. The summed E-state index contributed by atoms with van der Waals surface area (Å²) in [5.74, 6) is -0.111. The summed E-state index contributed by atoms with van der Waals surface area (Å²) in [5, 5.41) is 9.57. The smallest absolute Gasteiger partial charge is 0.307 e. The molecule has 162 valence electrons. The molecule has 0 bridgehead atoms. The number of benzene rings is 3. The molecule has 0 spiro atoms. The minimum absolute atomic E-state index is 0.111. The summed E-state index contributed by atoms with van der Waals surface area (Å²) < 4.78 is 26.1. The lowest BCUT2D eigenvalue weighted by Crippen LogP contribution is -2.20. The van der Waals surface area contributed by atoms with Crippen molar-refractivity contribution in [2.45, 2.75) is 17.6 Å². The van der Waals surface area contributed by atoms with Gasteiger partial charge in [0.2, 0.25) is 0 Å². The summed E-state index contributed by atoms with van der Waals surface area (Å²) >= 11 is 1.53. The first-order valence-electron chi connectivity index (χ1n) is 9.99. The minimum Gasteiger partial charge on any atom is -0.307 e. The van der Waals surface area contributed by atoms with E-state index in [4.69, 9.17) is 0 Å². The molecule has 2 N–H and O–H groups in total. The highest BCUT2D eigenvalue weighted by Gasteiger charge is 2.19. The van der Waals surface area contributed by atoms with Crippen LogP contribution in [0.5, 0.6) is 0 Å². The van der Waals surface area contributed by atoms with Gasteiger partial charge >= 0.3 is 6.03 Å². The SMILES string of the molecule is Cc1ccccc1NC(=O)Nc1cc(S(=O)(=O)Cc2ccccc2)ccc1-c1ccsc1. The molecular weight excluding hydrogens is 440 g/mol. The van der Waals surface area contributed by atoms with Gasteiger partial charge in [0.05, 0.1) is 16.3 Å². The highest BCUT2D eigenvalue weighted by Crippen LogP contribution is 2.33. The van der Waals surface area contributed by atoms with Crippen LogP contribution in [0.3, 0.4) is 0 Å². The van der Waals surface area contributed by atoms with E-state index < -0.39 is 15.9 Å². The molecule has 0 atom stereocenters. The van der Waals surface area contributed by atoms with E-state index in [1.165, 1.54) is 17.4 Å². The summed E-state index contributed by atoms with van der Waals surface area (Å²) in [6.45, 7) is 1.91. The van der Waals surface area contributed by atoms with E-state index in [1.807, 2.05) is 66.2 Å². The van der Waals surface area contributed by atoms with Crippen LogP contribution in [0.25, 0.3) is 11.1 Å². The van der Waals surface area contributed by atoms with Crippen molar-refractivity contribution < 1.29 is 13.2 Å². The average Bonchev–Trinajstić information content (AvgIpc) is 3.30. The zero-order valence-corrected chi connectivity index (χ0v) is 19.0. The predicted octanol–water partition coefficient (Wildman–Crippen LogP) is 6.34. The van der Waals surface area contributed by atoms with Crippen LogP contribution in [0.1, 0.15) is 11.1 Å². The van der Waals surface area contributed by atoms with Crippen molar-refractivity contribution >= 4 is 38.6 Å². The van der Waals surface area contributed by atoms with Gasteiger partial charge in [-0.25, -0.2) is 13.2 Å². The maximum atomic E-state index is 13.0. The Bertz CT molecular complexity index is 1330. The Kier molecular flexibility index (Phi) is 6.39. The third-order valence-corrected chi connectivity index (χ3v) is 7.39. The summed E-state index contributed by atoms with van der Waals surface area (Å²) in [5.41, 5.74) is 4.43. The zero-order valence-electron chi connectivity index (χ0n) is 17.4. The molecule has 0 saturated carbocycles. The van der Waals surface area contributed by atoms with Gasteiger partial charge in [0.25, 0.3) is 0 Å². The topological polar surface area (TPSA) is 75.3 Å². The van der Waals surface area contributed by atoms with E-state index >= 15 is 0 Å². The number of sulfone groups is 1. The number of anilines is 2. The quantitative estimate of drug-likeness (QED) is 0.351. The molecule has 0 unspecified atom stereocenters. The Morgan fingerprint density at radius 1 is 0.875 bits per heavy atom. The second-order valence-electron chi connectivity index (χ2n) is 7.36. The fourth-order valence-electron chi connectivity index (χ4n) is 3.36. The number of para-hydroxylation sites is 1. The van der Waals surface area contributed by atoms with Crippen LogP contribution < -0.4 is 10.6 Å². The molecule has 2 amide bonds. The Morgan fingerprint density at radius 3 is 2.31 bits per heavy atom. The first kappa shape index (κ1) is 21.8. The number of nitrogens with one attached hydrogen (secondary N) is 2. The van der Waals surface area contributed by atoms with Gasteiger partial charge in [0.1, 0.15) is 0 Å². The van der Waals surface area contributed by atoms with Gasteiger partial charge in [-0.2, -0.15) is 11.3 Å². The van der Waals surface area contributed by atoms with Crippen LogP contribution in [-0.4, -0.2) is 14.4 Å². The van der Waals surface area contributed by atoms with Crippen LogP contribution in [0.4, 0.5) is 16.2 Å². The molecule has 0 aliphatic heterocycles. The molecule has 3 aromatic carbocycles. The fraction of sp³-hybridized carbons (Fsp3) is 0.0800. The highest BCUT2D eigenvalue weighted by atomic mass is 32.2. The summed E-state index contributed by atoms with van der Waals surface area (Å²) in [6.07, 6.45) is 0. The number of rotatable bonds is 6. The molecule has 1 heterocycles. The van der Waals surface area contributed by atoms with Crippen LogP contribution in [0.2, 0.25) is 0 Å². The Hall–Kier alpha value is -3.42. The standard InChI is InChI=1S/C25H22N2O3S2/c1-18-7-5-6-10-23(18)26-25(28)27-24-15-21(11-12-22(24)20-13-14-31-16-20)32(29,30)17-19-8-3-2-4-9-19/h2-16H,17H2,1H3,(H2,26,27,28). The van der Waals surface area contributed by atoms with E-state index in [9.17, 15) is 13.2 Å². The number of carbonyl (C=O) groups is 1. The van der Waals surface area contributed by atoms with Gasteiger partial charge in [-0.05, 0) is 58.6 Å². The second-order valence-corrected chi connectivity index (χ2v) is 10.1. The normalized spacial score (nSPS) is 11.2. The molecule has 0 radical (unpaired) electrons. The van der Waals surface area contributed by atoms with Gasteiger partial charge in [-0.15, -0.1) is 0 Å². The molecule has 32 heavy (non-hydrogen) atoms. The van der Waals surface area contributed by atoms with Crippen molar-refractivity contribution in [3.8, 4) is 11.1 Å². The molecule has 5 nitrogen and oxygen atoms in total. The summed E-state index contributed by atoms with van der Waals surface area (Å²) in [6, 6.07) is 22.9. The van der Waals surface area contributed by atoms with Gasteiger partial charge in [0, 0.05) is 11.3 Å². The molecule has 0 saturated heterocycles. The third-order valence-electron chi connectivity index (χ3n) is 5.02. The predicted molar refractivity (Wildman–Crippen MR) is 131 cm³/mol. The third kappa shape index (κ3) is 5.07. The number of carbonyl (C=O) groups excluding carboxylic acids is 1. The number of amides is 2. The maximum absolute atomic E-state index is 13.0. The molecular formula is C25H22N2O3S2. The Balaban J connectivity index is 1.66. The van der Waals surface area contributed by atoms with E-state index in [2.05, 4.69) is 10.6 Å². The van der Waals surface area contributed by atoms with Gasteiger partial charge in [0.15, 0.2) is 9.84 Å². The van der Waals surface area contributed by atoms with Crippen molar-refractivity contribution in [2.75, 3.05) is 10.6 Å². The number of aryl methyl sites for hydroxylation is 1. The average molecular weight is 463 g/mol. The van der Waals surface area contributed by atoms with E-state index in [0.29, 0.717) is 16.9 Å². The Morgan fingerprint density at radius 2 is 1.59 bits per heavy atom. The van der Waals surface area contributed by atoms with Gasteiger partial charge in [-0.1, -0.05) is 54.6 Å². The Labute approximate surface area is 191 Å². The molecule has 4 rings (SSSR count). The van der Waals surface area contributed by atoms with Crippen LogP contribution in [0.15, 0.2) is 94.5 Å². The van der Waals surface area contributed by atoms with Crippen LogP contribution in [0, 0.1) is 6.92 Å². The number of thiophene rings is 1. The molecule has 0 fully saturated rings. The molecule has 4 aromatic rings. The molecule has 0 aliphatic carbocycles. The molecule has 0 aliphatic rings. The first-order chi connectivity index (χ1) is 15.4. The summed E-state index contributed by atoms with van der Waals surface area (Å²) in [4.78, 5) is 12.9. The molecule has 1 aromatic heterocycles. The van der Waals surface area contributed by atoms with E-state index in [1.54, 1.807) is 24.3 Å². The largest absolute Gasteiger partial charge is 0.323 e. The maximum Gasteiger partial charge on any atom is 0.323 e. The fourth-order valence-corrected chi connectivity index (χ4v) is 5.38. The molecule has 7 heteroatoms. The van der Waals surface area contributed by atoms with E-state index in [-0.39, 0.29) is 10.6 Å².